The van der Waals surface area contributed by atoms with E-state index in [1.807, 2.05) is 25.1 Å². The maximum atomic E-state index is 13.0. The Hall–Kier alpha value is -3.55. The molecule has 0 saturated heterocycles. The third-order valence-electron chi connectivity index (χ3n) is 4.15. The molecule has 0 aliphatic rings. The van der Waals surface area contributed by atoms with Gasteiger partial charge in [0.25, 0.3) is 5.56 Å². The Morgan fingerprint density at radius 3 is 2.70 bits per heavy atom. The van der Waals surface area contributed by atoms with Gasteiger partial charge in [-0.15, -0.1) is 0 Å². The van der Waals surface area contributed by atoms with E-state index in [2.05, 4.69) is 9.97 Å². The van der Waals surface area contributed by atoms with E-state index < -0.39 is 11.5 Å². The van der Waals surface area contributed by atoms with Crippen molar-refractivity contribution in [2.45, 2.75) is 13.5 Å². The van der Waals surface area contributed by atoms with Gasteiger partial charge in [0.15, 0.2) is 6.29 Å². The standard InChI is InChI=1S/C19H17N3O5/c1-11-4-5-12(15(8-11)26-2)9-22-17(19(25)27-3)21-16-13(18(22)24)6-7-20-14(16)10-23/h4-8,10H,9H2,1-3H3. The number of aldehydes is 1. The number of methoxy groups -OCH3 is 2. The average molecular weight is 367 g/mol. The highest BCUT2D eigenvalue weighted by Crippen LogP contribution is 2.21. The number of aryl methyl sites for hydroxylation is 1. The van der Waals surface area contributed by atoms with Crippen LogP contribution in [0.1, 0.15) is 32.2 Å². The molecule has 2 aromatic heterocycles. The van der Waals surface area contributed by atoms with Crippen LogP contribution in [0.5, 0.6) is 5.75 Å². The van der Waals surface area contributed by atoms with Gasteiger partial charge in [-0.3, -0.25) is 19.1 Å². The van der Waals surface area contributed by atoms with E-state index in [0.29, 0.717) is 17.6 Å². The topological polar surface area (TPSA) is 100 Å². The zero-order valence-electron chi connectivity index (χ0n) is 15.1. The first kappa shape index (κ1) is 18.2. The molecule has 0 aliphatic heterocycles. The van der Waals surface area contributed by atoms with Gasteiger partial charge in [-0.1, -0.05) is 12.1 Å². The first-order valence-electron chi connectivity index (χ1n) is 8.06. The predicted octanol–water partition coefficient (Wildman–Crippen LogP) is 1.76. The molecule has 3 aromatic rings. The normalized spacial score (nSPS) is 10.6. The second-order valence-electron chi connectivity index (χ2n) is 5.84. The average Bonchev–Trinajstić information content (AvgIpc) is 2.69. The summed E-state index contributed by atoms with van der Waals surface area (Å²) in [4.78, 5) is 44.6. The van der Waals surface area contributed by atoms with E-state index in [4.69, 9.17) is 9.47 Å². The smallest absolute Gasteiger partial charge is 0.374 e. The number of esters is 1. The van der Waals surface area contributed by atoms with E-state index in [-0.39, 0.29) is 29.0 Å². The number of fused-ring (bicyclic) bond motifs is 1. The molecule has 3 rings (SSSR count). The van der Waals surface area contributed by atoms with Crippen LogP contribution in [0.2, 0.25) is 0 Å². The molecule has 0 saturated carbocycles. The SMILES string of the molecule is COC(=O)c1nc2c(C=O)nccc2c(=O)n1Cc1ccc(C)cc1OC. The van der Waals surface area contributed by atoms with Crippen LogP contribution in [0.25, 0.3) is 10.9 Å². The lowest BCUT2D eigenvalue weighted by atomic mass is 10.1. The van der Waals surface area contributed by atoms with Gasteiger partial charge in [-0.05, 0) is 24.6 Å². The van der Waals surface area contributed by atoms with E-state index in [1.54, 1.807) is 0 Å². The summed E-state index contributed by atoms with van der Waals surface area (Å²) in [5.74, 6) is -0.421. The van der Waals surface area contributed by atoms with Gasteiger partial charge in [0.1, 0.15) is 17.0 Å². The van der Waals surface area contributed by atoms with Crippen molar-refractivity contribution in [2.75, 3.05) is 14.2 Å². The van der Waals surface area contributed by atoms with Crippen molar-refractivity contribution in [3.63, 3.8) is 0 Å². The van der Waals surface area contributed by atoms with Gasteiger partial charge in [0, 0.05) is 11.8 Å². The summed E-state index contributed by atoms with van der Waals surface area (Å²) < 4.78 is 11.4. The van der Waals surface area contributed by atoms with Crippen LogP contribution < -0.4 is 10.3 Å². The number of nitrogens with zero attached hydrogens (tertiary/aromatic N) is 3. The minimum absolute atomic E-state index is 0.0187. The van der Waals surface area contributed by atoms with Crippen LogP contribution in [0.3, 0.4) is 0 Å². The summed E-state index contributed by atoms with van der Waals surface area (Å²) >= 11 is 0. The molecule has 0 bridgehead atoms. The maximum Gasteiger partial charge on any atom is 0.374 e. The molecule has 0 fully saturated rings. The molecule has 8 heteroatoms. The molecular formula is C19H17N3O5. The van der Waals surface area contributed by atoms with E-state index in [1.165, 1.54) is 31.0 Å². The lowest BCUT2D eigenvalue weighted by molar-refractivity contribution is 0.0579. The van der Waals surface area contributed by atoms with Crippen LogP contribution in [0.4, 0.5) is 0 Å². The zero-order chi connectivity index (χ0) is 19.6. The minimum atomic E-state index is -0.791. The van der Waals surface area contributed by atoms with E-state index in [9.17, 15) is 14.4 Å². The highest BCUT2D eigenvalue weighted by Gasteiger charge is 2.21. The summed E-state index contributed by atoms with van der Waals surface area (Å²) in [6.45, 7) is 1.97. The second kappa shape index (κ2) is 7.36. The molecule has 27 heavy (non-hydrogen) atoms. The molecular weight excluding hydrogens is 350 g/mol. The largest absolute Gasteiger partial charge is 0.496 e. The summed E-state index contributed by atoms with van der Waals surface area (Å²) in [5, 5.41) is 0.186. The van der Waals surface area contributed by atoms with Crippen molar-refractivity contribution in [3.05, 3.63) is 63.5 Å². The number of rotatable bonds is 5. The second-order valence-corrected chi connectivity index (χ2v) is 5.84. The lowest BCUT2D eigenvalue weighted by Gasteiger charge is -2.15. The van der Waals surface area contributed by atoms with Crippen molar-refractivity contribution in [3.8, 4) is 5.75 Å². The van der Waals surface area contributed by atoms with Crippen LogP contribution in [0, 0.1) is 6.92 Å². The number of carbonyl (C=O) groups is 2. The number of carbonyl (C=O) groups excluding carboxylic acids is 2. The molecule has 0 amide bonds. The molecule has 0 unspecified atom stereocenters. The third kappa shape index (κ3) is 3.29. The summed E-state index contributed by atoms with van der Waals surface area (Å²) in [7, 11) is 2.72. The lowest BCUT2D eigenvalue weighted by Crippen LogP contribution is -2.29. The highest BCUT2D eigenvalue weighted by molar-refractivity contribution is 5.95. The van der Waals surface area contributed by atoms with Crippen LogP contribution in [-0.4, -0.2) is 41.0 Å². The minimum Gasteiger partial charge on any atom is -0.496 e. The van der Waals surface area contributed by atoms with Gasteiger partial charge in [-0.25, -0.2) is 9.78 Å². The van der Waals surface area contributed by atoms with Crippen molar-refractivity contribution in [2.24, 2.45) is 0 Å². The van der Waals surface area contributed by atoms with Crippen molar-refractivity contribution in [1.29, 1.82) is 0 Å². The van der Waals surface area contributed by atoms with Crippen LogP contribution in [0.15, 0.2) is 35.3 Å². The Balaban J connectivity index is 2.28. The maximum absolute atomic E-state index is 13.0. The molecule has 0 spiro atoms. The Bertz CT molecular complexity index is 1100. The number of pyridine rings is 1. The van der Waals surface area contributed by atoms with Gasteiger partial charge in [0.05, 0.1) is 26.2 Å². The first-order chi connectivity index (χ1) is 13.0. The number of hydrogen-bond donors (Lipinski definition) is 0. The summed E-state index contributed by atoms with van der Waals surface area (Å²) in [5.41, 5.74) is 1.25. The number of ether oxygens (including phenoxy) is 2. The quantitative estimate of drug-likeness (QED) is 0.500. The Kier molecular flexibility index (Phi) is 4.98. The molecule has 138 valence electrons. The predicted molar refractivity (Wildman–Crippen MR) is 97.4 cm³/mol. The van der Waals surface area contributed by atoms with Gasteiger partial charge in [0.2, 0.25) is 5.82 Å². The van der Waals surface area contributed by atoms with Gasteiger partial charge >= 0.3 is 5.97 Å². The van der Waals surface area contributed by atoms with Gasteiger partial charge < -0.3 is 9.47 Å². The molecule has 1 aromatic carbocycles. The zero-order valence-corrected chi connectivity index (χ0v) is 15.1. The van der Waals surface area contributed by atoms with E-state index >= 15 is 0 Å². The Morgan fingerprint density at radius 1 is 1.26 bits per heavy atom. The number of aromatic nitrogens is 3. The van der Waals surface area contributed by atoms with Gasteiger partial charge in [-0.2, -0.15) is 0 Å². The number of benzene rings is 1. The van der Waals surface area contributed by atoms with Crippen molar-refractivity contribution < 1.29 is 19.1 Å². The van der Waals surface area contributed by atoms with E-state index in [0.717, 1.165) is 5.56 Å². The van der Waals surface area contributed by atoms with Crippen molar-refractivity contribution in [1.82, 2.24) is 14.5 Å². The molecule has 8 nitrogen and oxygen atoms in total. The number of hydrogen-bond acceptors (Lipinski definition) is 7. The molecule has 2 heterocycles. The van der Waals surface area contributed by atoms with Crippen molar-refractivity contribution >= 4 is 23.2 Å². The Morgan fingerprint density at radius 2 is 2.04 bits per heavy atom. The third-order valence-corrected chi connectivity index (χ3v) is 4.15. The fraction of sp³-hybridized carbons (Fsp3) is 0.211. The summed E-state index contributed by atoms with van der Waals surface area (Å²) in [6, 6.07) is 6.99. The monoisotopic (exact) mass is 367 g/mol. The van der Waals surface area contributed by atoms with Crippen LogP contribution in [-0.2, 0) is 11.3 Å². The molecule has 0 aliphatic carbocycles. The molecule has 0 atom stereocenters. The highest BCUT2D eigenvalue weighted by atomic mass is 16.5. The fourth-order valence-electron chi connectivity index (χ4n) is 2.80. The first-order valence-corrected chi connectivity index (χ1v) is 8.06. The van der Waals surface area contributed by atoms with Crippen LogP contribution >= 0.6 is 0 Å². The summed E-state index contributed by atoms with van der Waals surface area (Å²) in [6.07, 6.45) is 1.84. The fourth-order valence-corrected chi connectivity index (χ4v) is 2.80. The Labute approximate surface area is 154 Å². The molecule has 0 N–H and O–H groups in total. The molecule has 0 radical (unpaired) electrons.